The maximum atomic E-state index is 12.5. The van der Waals surface area contributed by atoms with Crippen LogP contribution in [0.5, 0.6) is 0 Å². The first-order valence-electron chi connectivity index (χ1n) is 8.04. The average Bonchev–Trinajstić information content (AvgIpc) is 3.36. The molecule has 2 aromatic carbocycles. The highest BCUT2D eigenvalue weighted by molar-refractivity contribution is 6.30. The molecule has 0 saturated heterocycles. The zero-order valence-electron chi connectivity index (χ0n) is 13.0. The van der Waals surface area contributed by atoms with Crippen LogP contribution in [0.4, 0.5) is 0 Å². The van der Waals surface area contributed by atoms with Gasteiger partial charge in [0.05, 0.1) is 11.6 Å². The second-order valence-electron chi connectivity index (χ2n) is 6.17. The summed E-state index contributed by atoms with van der Waals surface area (Å²) >= 11 is 5.96. The molecule has 1 aliphatic carbocycles. The molecule has 0 unspecified atom stereocenters. The Kier molecular flexibility index (Phi) is 3.94. The van der Waals surface area contributed by atoms with Gasteiger partial charge in [0.15, 0.2) is 0 Å². The normalized spacial score (nSPS) is 15.4. The summed E-state index contributed by atoms with van der Waals surface area (Å²) in [5.74, 6) is 0.445. The Balaban J connectivity index is 1.50. The number of benzene rings is 2. The van der Waals surface area contributed by atoms with Crippen molar-refractivity contribution in [3.05, 3.63) is 59.1 Å². The molecule has 3 aromatic rings. The first kappa shape index (κ1) is 15.1. The van der Waals surface area contributed by atoms with Crippen LogP contribution in [0.2, 0.25) is 5.02 Å². The summed E-state index contributed by atoms with van der Waals surface area (Å²) in [6.07, 6.45) is 2.28. The number of para-hydroxylation sites is 1. The van der Waals surface area contributed by atoms with Crippen molar-refractivity contribution in [2.45, 2.75) is 25.4 Å². The number of halogens is 1. The van der Waals surface area contributed by atoms with Crippen molar-refractivity contribution in [2.24, 2.45) is 5.92 Å². The summed E-state index contributed by atoms with van der Waals surface area (Å²) in [4.78, 5) is 12.5. The molecule has 1 saturated carbocycles. The monoisotopic (exact) mass is 340 g/mol. The van der Waals surface area contributed by atoms with Gasteiger partial charge in [0, 0.05) is 5.02 Å². The van der Waals surface area contributed by atoms with Crippen molar-refractivity contribution >= 4 is 28.5 Å². The smallest absolute Gasteiger partial charge is 0.242 e. The van der Waals surface area contributed by atoms with Crippen molar-refractivity contribution in [3.63, 3.8) is 0 Å². The largest absolute Gasteiger partial charge is 0.347 e. The molecule has 1 aliphatic rings. The molecule has 122 valence electrons. The molecule has 1 aromatic heterocycles. The number of aromatic nitrogens is 3. The van der Waals surface area contributed by atoms with Crippen LogP contribution in [0.15, 0.2) is 48.5 Å². The van der Waals surface area contributed by atoms with Crippen LogP contribution in [-0.2, 0) is 11.3 Å². The van der Waals surface area contributed by atoms with Crippen LogP contribution in [0, 0.1) is 5.92 Å². The summed E-state index contributed by atoms with van der Waals surface area (Å²) in [6, 6.07) is 15.4. The number of amides is 1. The molecule has 0 radical (unpaired) electrons. The lowest BCUT2D eigenvalue weighted by molar-refractivity contribution is -0.122. The molecule has 1 heterocycles. The minimum atomic E-state index is -0.0579. The van der Waals surface area contributed by atoms with Crippen molar-refractivity contribution < 1.29 is 4.79 Å². The van der Waals surface area contributed by atoms with E-state index in [1.807, 2.05) is 48.5 Å². The molecule has 1 amide bonds. The van der Waals surface area contributed by atoms with Crippen LogP contribution in [0.1, 0.15) is 24.4 Å². The van der Waals surface area contributed by atoms with E-state index >= 15 is 0 Å². The SMILES string of the molecule is O=C(Cn1nnc2ccccc21)N[C@H](c1ccc(Cl)cc1)C1CC1. The number of fused-ring (bicyclic) bond motifs is 1. The Morgan fingerprint density at radius 3 is 2.71 bits per heavy atom. The van der Waals surface area contributed by atoms with E-state index in [-0.39, 0.29) is 18.5 Å². The van der Waals surface area contributed by atoms with E-state index in [2.05, 4.69) is 15.6 Å². The van der Waals surface area contributed by atoms with E-state index in [1.54, 1.807) is 4.68 Å². The fourth-order valence-corrected chi connectivity index (χ4v) is 3.09. The number of carbonyl (C=O) groups is 1. The van der Waals surface area contributed by atoms with Crippen molar-refractivity contribution in [1.29, 1.82) is 0 Å². The number of hydrogen-bond donors (Lipinski definition) is 1. The zero-order chi connectivity index (χ0) is 16.5. The third kappa shape index (κ3) is 3.12. The van der Waals surface area contributed by atoms with E-state index in [9.17, 15) is 4.79 Å². The van der Waals surface area contributed by atoms with Gasteiger partial charge in [-0.05, 0) is 48.6 Å². The highest BCUT2D eigenvalue weighted by atomic mass is 35.5. The van der Waals surface area contributed by atoms with E-state index in [0.717, 1.165) is 29.4 Å². The van der Waals surface area contributed by atoms with E-state index in [1.165, 1.54) is 0 Å². The topological polar surface area (TPSA) is 59.8 Å². The predicted molar refractivity (Wildman–Crippen MR) is 92.6 cm³/mol. The quantitative estimate of drug-likeness (QED) is 0.774. The molecule has 0 bridgehead atoms. The Hall–Kier alpha value is -2.40. The van der Waals surface area contributed by atoms with Crippen molar-refractivity contribution in [2.75, 3.05) is 0 Å². The fraction of sp³-hybridized carbons (Fsp3) is 0.278. The minimum absolute atomic E-state index is 0.0320. The van der Waals surface area contributed by atoms with Gasteiger partial charge in [-0.1, -0.05) is 41.1 Å². The number of carbonyl (C=O) groups excluding carboxylic acids is 1. The highest BCUT2D eigenvalue weighted by Gasteiger charge is 2.33. The van der Waals surface area contributed by atoms with Gasteiger partial charge in [0.2, 0.25) is 5.91 Å². The number of nitrogens with one attached hydrogen (secondary N) is 1. The summed E-state index contributed by atoms with van der Waals surface area (Å²) in [6.45, 7) is 0.164. The Labute approximate surface area is 144 Å². The lowest BCUT2D eigenvalue weighted by Gasteiger charge is -2.19. The lowest BCUT2D eigenvalue weighted by Crippen LogP contribution is -2.33. The number of hydrogen-bond acceptors (Lipinski definition) is 3. The lowest BCUT2D eigenvalue weighted by atomic mass is 10.0. The van der Waals surface area contributed by atoms with Gasteiger partial charge >= 0.3 is 0 Å². The number of rotatable bonds is 5. The van der Waals surface area contributed by atoms with Gasteiger partial charge < -0.3 is 5.32 Å². The van der Waals surface area contributed by atoms with Crippen LogP contribution in [-0.4, -0.2) is 20.9 Å². The van der Waals surface area contributed by atoms with Crippen LogP contribution in [0.3, 0.4) is 0 Å². The summed E-state index contributed by atoms with van der Waals surface area (Å²) in [7, 11) is 0. The molecular formula is C18H17ClN4O. The van der Waals surface area contributed by atoms with Gasteiger partial charge in [-0.2, -0.15) is 0 Å². The van der Waals surface area contributed by atoms with E-state index < -0.39 is 0 Å². The van der Waals surface area contributed by atoms with Crippen LogP contribution < -0.4 is 5.32 Å². The molecule has 24 heavy (non-hydrogen) atoms. The maximum Gasteiger partial charge on any atom is 0.242 e. The molecular weight excluding hydrogens is 324 g/mol. The van der Waals surface area contributed by atoms with Gasteiger partial charge in [-0.25, -0.2) is 4.68 Å². The Bertz CT molecular complexity index is 870. The summed E-state index contributed by atoms with van der Waals surface area (Å²) < 4.78 is 1.64. The fourth-order valence-electron chi connectivity index (χ4n) is 2.96. The minimum Gasteiger partial charge on any atom is -0.347 e. The van der Waals surface area contributed by atoms with Crippen LogP contribution in [0.25, 0.3) is 11.0 Å². The summed E-state index contributed by atoms with van der Waals surface area (Å²) in [5.41, 5.74) is 2.75. The second kappa shape index (κ2) is 6.24. The van der Waals surface area contributed by atoms with Crippen molar-refractivity contribution in [1.82, 2.24) is 20.3 Å². The molecule has 0 aliphatic heterocycles. The standard InChI is InChI=1S/C18H17ClN4O/c19-14-9-7-13(8-10-14)18(12-5-6-12)20-17(24)11-23-16-4-2-1-3-15(16)21-22-23/h1-4,7-10,12,18H,5-6,11H2,(H,20,24)/t18-/m0/s1. The maximum absolute atomic E-state index is 12.5. The first-order chi connectivity index (χ1) is 11.7. The molecule has 1 N–H and O–H groups in total. The molecule has 4 rings (SSSR count). The Morgan fingerprint density at radius 1 is 1.21 bits per heavy atom. The predicted octanol–water partition coefficient (Wildman–Crippen LogP) is 3.35. The molecule has 6 heteroatoms. The van der Waals surface area contributed by atoms with Gasteiger partial charge in [0.1, 0.15) is 12.1 Å². The first-order valence-corrected chi connectivity index (χ1v) is 8.41. The molecule has 0 spiro atoms. The van der Waals surface area contributed by atoms with E-state index in [0.29, 0.717) is 10.9 Å². The summed E-state index contributed by atoms with van der Waals surface area (Å²) in [5, 5.41) is 12.0. The highest BCUT2D eigenvalue weighted by Crippen LogP contribution is 2.41. The Morgan fingerprint density at radius 2 is 1.96 bits per heavy atom. The third-order valence-corrected chi connectivity index (χ3v) is 4.60. The third-order valence-electron chi connectivity index (χ3n) is 4.35. The molecule has 1 atom stereocenters. The zero-order valence-corrected chi connectivity index (χ0v) is 13.8. The average molecular weight is 341 g/mol. The van der Waals surface area contributed by atoms with Gasteiger partial charge in [-0.15, -0.1) is 5.10 Å². The number of nitrogens with zero attached hydrogens (tertiary/aromatic N) is 3. The van der Waals surface area contributed by atoms with E-state index in [4.69, 9.17) is 11.6 Å². The molecule has 5 nitrogen and oxygen atoms in total. The van der Waals surface area contributed by atoms with Crippen molar-refractivity contribution in [3.8, 4) is 0 Å². The van der Waals surface area contributed by atoms with Gasteiger partial charge in [0.25, 0.3) is 0 Å². The second-order valence-corrected chi connectivity index (χ2v) is 6.61. The van der Waals surface area contributed by atoms with Gasteiger partial charge in [-0.3, -0.25) is 4.79 Å². The van der Waals surface area contributed by atoms with Crippen LogP contribution >= 0.6 is 11.6 Å². The molecule has 1 fully saturated rings.